The summed E-state index contributed by atoms with van der Waals surface area (Å²) in [6.45, 7) is -0.406. The molecule has 0 aromatic carbocycles. The summed E-state index contributed by atoms with van der Waals surface area (Å²) in [4.78, 5) is 40.4. The first kappa shape index (κ1) is 18.8. The van der Waals surface area contributed by atoms with Crippen molar-refractivity contribution >= 4 is 40.6 Å². The van der Waals surface area contributed by atoms with E-state index in [9.17, 15) is 14.4 Å². The average Bonchev–Trinajstić information content (AvgIpc) is 3.39. The van der Waals surface area contributed by atoms with Crippen LogP contribution in [0.4, 0.5) is 4.79 Å². The van der Waals surface area contributed by atoms with Gasteiger partial charge in [0.25, 0.3) is 5.91 Å². The Balaban J connectivity index is 1.37. The van der Waals surface area contributed by atoms with Crippen LogP contribution in [0.25, 0.3) is 9.88 Å². The van der Waals surface area contributed by atoms with Crippen molar-refractivity contribution in [3.8, 4) is 9.88 Å². The summed E-state index contributed by atoms with van der Waals surface area (Å²) in [5.41, 5.74) is 0.574. The number of imide groups is 1. The second-order valence-electron chi connectivity index (χ2n) is 5.27. The van der Waals surface area contributed by atoms with Crippen LogP contribution in [0.15, 0.2) is 45.7 Å². The Morgan fingerprint density at radius 3 is 2.81 bits per heavy atom. The quantitative estimate of drug-likeness (QED) is 0.585. The SMILES string of the molecule is O=C(COC(=O)Cc1csc(-c2cccs2)n1)NC(=O)NCc1ccco1. The van der Waals surface area contributed by atoms with Gasteiger partial charge in [0.1, 0.15) is 10.8 Å². The highest BCUT2D eigenvalue weighted by Gasteiger charge is 2.14. The Morgan fingerprint density at radius 2 is 2.07 bits per heavy atom. The first-order valence-corrected chi connectivity index (χ1v) is 9.60. The topological polar surface area (TPSA) is 111 Å². The fourth-order valence-corrected chi connectivity index (χ4v) is 3.67. The molecule has 0 unspecified atom stereocenters. The number of furan rings is 1. The summed E-state index contributed by atoms with van der Waals surface area (Å²) in [6, 6.07) is 6.55. The van der Waals surface area contributed by atoms with Crippen LogP contribution >= 0.6 is 22.7 Å². The molecule has 0 bridgehead atoms. The molecular weight excluding hydrogens is 390 g/mol. The van der Waals surface area contributed by atoms with Gasteiger partial charge in [-0.15, -0.1) is 22.7 Å². The van der Waals surface area contributed by atoms with E-state index in [1.54, 1.807) is 28.8 Å². The van der Waals surface area contributed by atoms with Crippen molar-refractivity contribution in [2.24, 2.45) is 0 Å². The maximum Gasteiger partial charge on any atom is 0.321 e. The van der Waals surface area contributed by atoms with E-state index < -0.39 is 24.5 Å². The van der Waals surface area contributed by atoms with E-state index in [0.717, 1.165) is 9.88 Å². The molecule has 27 heavy (non-hydrogen) atoms. The van der Waals surface area contributed by atoms with Crippen molar-refractivity contribution in [2.75, 3.05) is 6.61 Å². The number of carbonyl (C=O) groups is 3. The third-order valence-electron chi connectivity index (χ3n) is 3.23. The molecule has 0 atom stereocenters. The van der Waals surface area contributed by atoms with Crippen LogP contribution in [0.2, 0.25) is 0 Å². The molecule has 0 aliphatic carbocycles. The Bertz CT molecular complexity index is 903. The molecule has 2 N–H and O–H groups in total. The number of amides is 3. The minimum absolute atomic E-state index is 0.0418. The van der Waals surface area contributed by atoms with Crippen molar-refractivity contribution in [3.05, 3.63) is 52.7 Å². The van der Waals surface area contributed by atoms with E-state index in [0.29, 0.717) is 11.5 Å². The number of thiophene rings is 1. The van der Waals surface area contributed by atoms with Crippen LogP contribution in [0.5, 0.6) is 0 Å². The number of thiazole rings is 1. The lowest BCUT2D eigenvalue weighted by atomic mass is 10.3. The molecule has 10 heteroatoms. The fraction of sp³-hybridized carbons (Fsp3) is 0.176. The predicted octanol–water partition coefficient (Wildman–Crippen LogP) is 2.58. The van der Waals surface area contributed by atoms with E-state index in [2.05, 4.69) is 15.6 Å². The summed E-state index contributed by atoms with van der Waals surface area (Å²) in [7, 11) is 0. The van der Waals surface area contributed by atoms with Crippen LogP contribution in [0.3, 0.4) is 0 Å². The molecule has 0 radical (unpaired) electrons. The minimum atomic E-state index is -0.724. The van der Waals surface area contributed by atoms with Crippen LogP contribution in [0.1, 0.15) is 11.5 Å². The van der Waals surface area contributed by atoms with Gasteiger partial charge in [0, 0.05) is 5.38 Å². The number of hydrogen-bond acceptors (Lipinski definition) is 8. The smallest absolute Gasteiger partial charge is 0.321 e. The molecule has 0 aliphatic heterocycles. The lowest BCUT2D eigenvalue weighted by Gasteiger charge is -2.06. The van der Waals surface area contributed by atoms with Crippen molar-refractivity contribution in [3.63, 3.8) is 0 Å². The van der Waals surface area contributed by atoms with Gasteiger partial charge < -0.3 is 14.5 Å². The Kier molecular flexibility index (Phi) is 6.34. The monoisotopic (exact) mass is 405 g/mol. The summed E-state index contributed by atoms with van der Waals surface area (Å²) < 4.78 is 9.93. The summed E-state index contributed by atoms with van der Waals surface area (Å²) in [6.07, 6.45) is 1.44. The van der Waals surface area contributed by atoms with Gasteiger partial charge in [0.05, 0.1) is 29.8 Å². The molecule has 0 spiro atoms. The van der Waals surface area contributed by atoms with Crippen LogP contribution in [-0.2, 0) is 27.3 Å². The van der Waals surface area contributed by atoms with Crippen molar-refractivity contribution in [1.82, 2.24) is 15.6 Å². The lowest BCUT2D eigenvalue weighted by molar-refractivity contribution is -0.147. The third-order valence-corrected chi connectivity index (χ3v) is 5.16. The molecular formula is C17H15N3O5S2. The van der Waals surface area contributed by atoms with E-state index in [1.165, 1.54) is 17.6 Å². The number of aromatic nitrogens is 1. The first-order valence-electron chi connectivity index (χ1n) is 7.84. The zero-order valence-corrected chi connectivity index (χ0v) is 15.6. The summed E-state index contributed by atoms with van der Waals surface area (Å²) >= 11 is 3.00. The third kappa shape index (κ3) is 5.76. The van der Waals surface area contributed by atoms with Gasteiger partial charge in [-0.3, -0.25) is 14.9 Å². The highest BCUT2D eigenvalue weighted by atomic mass is 32.1. The Hall–Kier alpha value is -2.98. The highest BCUT2D eigenvalue weighted by Crippen LogP contribution is 2.27. The van der Waals surface area contributed by atoms with Crippen molar-refractivity contribution < 1.29 is 23.5 Å². The van der Waals surface area contributed by atoms with Gasteiger partial charge in [0.2, 0.25) is 0 Å². The maximum absolute atomic E-state index is 11.8. The zero-order chi connectivity index (χ0) is 19.1. The summed E-state index contributed by atoms with van der Waals surface area (Å²) in [5, 5.41) is 9.07. The first-order chi connectivity index (χ1) is 13.1. The Morgan fingerprint density at radius 1 is 1.19 bits per heavy atom. The van der Waals surface area contributed by atoms with Gasteiger partial charge in [-0.05, 0) is 23.6 Å². The van der Waals surface area contributed by atoms with Gasteiger partial charge in [-0.25, -0.2) is 9.78 Å². The fourth-order valence-electron chi connectivity index (χ4n) is 2.03. The second kappa shape index (κ2) is 9.10. The summed E-state index contributed by atoms with van der Waals surface area (Å²) in [5.74, 6) is -0.767. The van der Waals surface area contributed by atoms with Gasteiger partial charge in [0.15, 0.2) is 6.61 Å². The van der Waals surface area contributed by atoms with E-state index >= 15 is 0 Å². The maximum atomic E-state index is 11.8. The molecule has 3 amide bonds. The average molecular weight is 405 g/mol. The van der Waals surface area contributed by atoms with Gasteiger partial charge in [-0.1, -0.05) is 6.07 Å². The van der Waals surface area contributed by atoms with Crippen molar-refractivity contribution in [1.29, 1.82) is 0 Å². The normalized spacial score (nSPS) is 10.4. The van der Waals surface area contributed by atoms with Gasteiger partial charge in [-0.2, -0.15) is 0 Å². The number of urea groups is 1. The standard InChI is InChI=1S/C17H15N3O5S2/c21-14(20-17(23)18-8-12-3-1-5-24-12)9-25-15(22)7-11-10-27-16(19-11)13-4-2-6-26-13/h1-6,10H,7-9H2,(H2,18,20,21,23). The largest absolute Gasteiger partial charge is 0.467 e. The molecule has 0 fully saturated rings. The number of rotatable bonds is 7. The molecule has 0 aliphatic rings. The number of nitrogens with one attached hydrogen (secondary N) is 2. The number of nitrogens with zero attached hydrogens (tertiary/aromatic N) is 1. The number of ether oxygens (including phenoxy) is 1. The molecule has 8 nitrogen and oxygen atoms in total. The van der Waals surface area contributed by atoms with E-state index in [4.69, 9.17) is 9.15 Å². The molecule has 3 rings (SSSR count). The van der Waals surface area contributed by atoms with Crippen molar-refractivity contribution in [2.45, 2.75) is 13.0 Å². The van der Waals surface area contributed by atoms with Crippen LogP contribution in [-0.4, -0.2) is 29.5 Å². The van der Waals surface area contributed by atoms with Gasteiger partial charge >= 0.3 is 12.0 Å². The predicted molar refractivity (Wildman–Crippen MR) is 99.2 cm³/mol. The minimum Gasteiger partial charge on any atom is -0.467 e. The lowest BCUT2D eigenvalue weighted by Crippen LogP contribution is -2.41. The second-order valence-corrected chi connectivity index (χ2v) is 7.07. The molecule has 140 valence electrons. The number of hydrogen-bond donors (Lipinski definition) is 2. The van der Waals surface area contributed by atoms with Crippen LogP contribution < -0.4 is 10.6 Å². The van der Waals surface area contributed by atoms with Crippen LogP contribution in [0, 0.1) is 0 Å². The molecule has 0 saturated heterocycles. The zero-order valence-electron chi connectivity index (χ0n) is 14.0. The molecule has 0 saturated carbocycles. The number of carbonyl (C=O) groups excluding carboxylic acids is 3. The van der Waals surface area contributed by atoms with E-state index in [1.807, 2.05) is 17.5 Å². The molecule has 3 heterocycles. The highest BCUT2D eigenvalue weighted by molar-refractivity contribution is 7.20. The molecule has 3 aromatic rings. The Labute approximate surface area is 162 Å². The van der Waals surface area contributed by atoms with E-state index in [-0.39, 0.29) is 13.0 Å². The molecule has 3 aromatic heterocycles. The number of esters is 1.